The van der Waals surface area contributed by atoms with Crippen molar-refractivity contribution in [3.63, 3.8) is 0 Å². The maximum atomic E-state index is 12.0. The fourth-order valence-electron chi connectivity index (χ4n) is 2.29. The van der Waals surface area contributed by atoms with Crippen molar-refractivity contribution < 1.29 is 21.6 Å². The van der Waals surface area contributed by atoms with Crippen LogP contribution in [0.4, 0.5) is 13.2 Å². The van der Waals surface area contributed by atoms with E-state index < -0.39 is 15.3 Å². The van der Waals surface area contributed by atoms with Gasteiger partial charge >= 0.3 is 5.51 Å². The molecule has 3 nitrogen and oxygen atoms in total. The van der Waals surface area contributed by atoms with E-state index in [1.54, 1.807) is 7.05 Å². The molecule has 1 aliphatic rings. The van der Waals surface area contributed by atoms with Crippen molar-refractivity contribution in [2.45, 2.75) is 18.3 Å². The molecule has 0 radical (unpaired) electrons. The molecular weight excluding hydrogens is 287 g/mol. The number of hydrogen-bond donors (Lipinski definition) is 1. The highest BCUT2D eigenvalue weighted by Crippen LogP contribution is 2.34. The lowest BCUT2D eigenvalue weighted by atomic mass is 9.89. The lowest BCUT2D eigenvalue weighted by Crippen LogP contribution is -2.27. The van der Waals surface area contributed by atoms with E-state index in [4.69, 9.17) is 0 Å². The number of halogens is 3. The summed E-state index contributed by atoms with van der Waals surface area (Å²) in [6, 6.07) is 0. The Bertz CT molecular complexity index is 357. The number of alkyl halides is 3. The van der Waals surface area contributed by atoms with Crippen LogP contribution >= 0.6 is 11.8 Å². The van der Waals surface area contributed by atoms with Crippen LogP contribution in [0.3, 0.4) is 0 Å². The van der Waals surface area contributed by atoms with Crippen molar-refractivity contribution in [1.82, 2.24) is 5.32 Å². The van der Waals surface area contributed by atoms with E-state index >= 15 is 0 Å². The molecule has 108 valence electrons. The lowest BCUT2D eigenvalue weighted by molar-refractivity contribution is -0.0328. The molecule has 2 unspecified atom stereocenters. The molecule has 8 heteroatoms. The second kappa shape index (κ2) is 6.47. The van der Waals surface area contributed by atoms with Crippen molar-refractivity contribution >= 4 is 21.6 Å². The molecule has 1 aliphatic heterocycles. The summed E-state index contributed by atoms with van der Waals surface area (Å²) in [7, 11) is -1.24. The predicted octanol–water partition coefficient (Wildman–Crippen LogP) is 1.90. The Hall–Kier alpha value is 0.0500. The zero-order valence-corrected chi connectivity index (χ0v) is 11.8. The summed E-state index contributed by atoms with van der Waals surface area (Å²) < 4.78 is 58.9. The highest BCUT2D eigenvalue weighted by molar-refractivity contribution is 8.00. The summed E-state index contributed by atoms with van der Waals surface area (Å²) in [6.07, 6.45) is 0.969. The first-order valence-electron chi connectivity index (χ1n) is 5.79. The lowest BCUT2D eigenvalue weighted by Gasteiger charge is -2.22. The molecule has 1 N–H and O–H groups in total. The maximum absolute atomic E-state index is 12.0. The average Bonchev–Trinajstić information content (AvgIpc) is 2.56. The van der Waals surface area contributed by atoms with Crippen molar-refractivity contribution in [3.05, 3.63) is 0 Å². The van der Waals surface area contributed by atoms with Crippen LogP contribution in [0.25, 0.3) is 0 Å². The minimum absolute atomic E-state index is 0.00197. The molecule has 1 heterocycles. The van der Waals surface area contributed by atoms with E-state index in [0.717, 1.165) is 0 Å². The molecule has 18 heavy (non-hydrogen) atoms. The van der Waals surface area contributed by atoms with Crippen LogP contribution in [0.1, 0.15) is 12.8 Å². The summed E-state index contributed by atoms with van der Waals surface area (Å²) >= 11 is -0.0308. The summed E-state index contributed by atoms with van der Waals surface area (Å²) in [5.74, 6) is 0.283. The molecular formula is C10H18F3NO2S2. The fraction of sp³-hybridized carbons (Fsp3) is 1.00. The number of rotatable bonds is 6. The van der Waals surface area contributed by atoms with Crippen LogP contribution in [0.5, 0.6) is 0 Å². The molecule has 2 atom stereocenters. The quantitative estimate of drug-likeness (QED) is 0.814. The van der Waals surface area contributed by atoms with Gasteiger partial charge in [0.05, 0.1) is 11.5 Å². The number of thioether (sulfide) groups is 1. The Labute approximate surface area is 110 Å². The largest absolute Gasteiger partial charge is 0.441 e. The van der Waals surface area contributed by atoms with E-state index in [9.17, 15) is 21.6 Å². The minimum atomic E-state index is -4.20. The van der Waals surface area contributed by atoms with E-state index in [-0.39, 0.29) is 40.9 Å². The zero-order chi connectivity index (χ0) is 13.8. The van der Waals surface area contributed by atoms with Crippen LogP contribution in [-0.4, -0.2) is 44.8 Å². The van der Waals surface area contributed by atoms with Crippen LogP contribution in [0.15, 0.2) is 0 Å². The standard InChI is InChI=1S/C10H18F3NO2S2/c1-14-6-8(2-4-17-10(11,12)13)9-3-5-18(15,16)7-9/h8-9,14H,2-7H2,1H3. The second-order valence-electron chi connectivity index (χ2n) is 4.56. The Morgan fingerprint density at radius 3 is 2.56 bits per heavy atom. The van der Waals surface area contributed by atoms with Crippen molar-refractivity contribution in [3.8, 4) is 0 Å². The average molecular weight is 305 g/mol. The van der Waals surface area contributed by atoms with E-state index in [1.165, 1.54) is 0 Å². The van der Waals surface area contributed by atoms with E-state index in [1.807, 2.05) is 0 Å². The Morgan fingerprint density at radius 1 is 1.44 bits per heavy atom. The molecule has 1 saturated heterocycles. The fourth-order valence-corrected chi connectivity index (χ4v) is 4.86. The summed E-state index contributed by atoms with van der Waals surface area (Å²) in [6.45, 7) is 0.568. The Balaban J connectivity index is 2.45. The molecule has 1 fully saturated rings. The van der Waals surface area contributed by atoms with Crippen molar-refractivity contribution in [2.75, 3.05) is 30.9 Å². The summed E-state index contributed by atoms with van der Waals surface area (Å²) in [4.78, 5) is 0. The molecule has 0 spiro atoms. The first kappa shape index (κ1) is 16.1. The van der Waals surface area contributed by atoms with E-state index in [2.05, 4.69) is 5.32 Å². The molecule has 0 saturated carbocycles. The smallest absolute Gasteiger partial charge is 0.319 e. The molecule has 0 aromatic rings. The highest BCUT2D eigenvalue weighted by Gasteiger charge is 2.34. The van der Waals surface area contributed by atoms with Gasteiger partial charge in [-0.05, 0) is 38.3 Å². The number of hydrogen-bond acceptors (Lipinski definition) is 4. The summed E-state index contributed by atoms with van der Waals surface area (Å²) in [5.41, 5.74) is -4.20. The third-order valence-corrected chi connectivity index (χ3v) is 5.72. The number of sulfone groups is 1. The van der Waals surface area contributed by atoms with E-state index in [0.29, 0.717) is 19.4 Å². The van der Waals surface area contributed by atoms with Crippen molar-refractivity contribution in [1.29, 1.82) is 0 Å². The van der Waals surface area contributed by atoms with Gasteiger partial charge < -0.3 is 5.32 Å². The zero-order valence-electron chi connectivity index (χ0n) is 10.2. The van der Waals surface area contributed by atoms with Gasteiger partial charge in [-0.25, -0.2) is 8.42 Å². The second-order valence-corrected chi connectivity index (χ2v) is 7.95. The van der Waals surface area contributed by atoms with Crippen LogP contribution in [-0.2, 0) is 9.84 Å². The number of nitrogens with one attached hydrogen (secondary N) is 1. The monoisotopic (exact) mass is 305 g/mol. The maximum Gasteiger partial charge on any atom is 0.441 e. The van der Waals surface area contributed by atoms with Gasteiger partial charge in [0.25, 0.3) is 0 Å². The molecule has 0 bridgehead atoms. The SMILES string of the molecule is CNCC(CCSC(F)(F)F)C1CCS(=O)(=O)C1. The third kappa shape index (κ3) is 5.79. The molecule has 0 aromatic carbocycles. The van der Waals surface area contributed by atoms with Gasteiger partial charge in [0, 0.05) is 5.75 Å². The van der Waals surface area contributed by atoms with Gasteiger partial charge in [-0.15, -0.1) is 0 Å². The molecule has 0 aliphatic carbocycles. The van der Waals surface area contributed by atoms with Gasteiger partial charge in [-0.1, -0.05) is 11.8 Å². The van der Waals surface area contributed by atoms with Gasteiger partial charge in [-0.2, -0.15) is 13.2 Å². The predicted molar refractivity (Wildman–Crippen MR) is 67.3 cm³/mol. The van der Waals surface area contributed by atoms with Crippen LogP contribution < -0.4 is 5.32 Å². The van der Waals surface area contributed by atoms with Crippen LogP contribution in [0, 0.1) is 11.8 Å². The Morgan fingerprint density at radius 2 is 2.11 bits per heavy atom. The Kier molecular flexibility index (Phi) is 5.79. The third-order valence-electron chi connectivity index (χ3n) is 3.16. The summed E-state index contributed by atoms with van der Waals surface area (Å²) in [5, 5.41) is 2.93. The first-order chi connectivity index (χ1) is 8.23. The molecule has 0 amide bonds. The van der Waals surface area contributed by atoms with Gasteiger partial charge in [0.1, 0.15) is 0 Å². The van der Waals surface area contributed by atoms with Gasteiger partial charge in [0.15, 0.2) is 9.84 Å². The van der Waals surface area contributed by atoms with Crippen LogP contribution in [0.2, 0.25) is 0 Å². The highest BCUT2D eigenvalue weighted by atomic mass is 32.2. The normalized spacial score (nSPS) is 25.2. The topological polar surface area (TPSA) is 46.2 Å². The minimum Gasteiger partial charge on any atom is -0.319 e. The van der Waals surface area contributed by atoms with Gasteiger partial charge in [0.2, 0.25) is 0 Å². The first-order valence-corrected chi connectivity index (χ1v) is 8.60. The van der Waals surface area contributed by atoms with Crippen molar-refractivity contribution in [2.24, 2.45) is 11.8 Å². The molecule has 0 aromatic heterocycles. The van der Waals surface area contributed by atoms with Gasteiger partial charge in [-0.3, -0.25) is 0 Å². The molecule has 1 rings (SSSR count).